The summed E-state index contributed by atoms with van der Waals surface area (Å²) in [5.41, 5.74) is 0. The van der Waals surface area contributed by atoms with Crippen molar-refractivity contribution in [2.75, 3.05) is 54.2 Å². The molecule has 0 aliphatic rings. The molecule has 0 fully saturated rings. The van der Waals surface area contributed by atoms with Crippen molar-refractivity contribution in [2.24, 2.45) is 4.99 Å². The van der Waals surface area contributed by atoms with Crippen LogP contribution < -0.4 is 20.1 Å². The molecule has 1 aromatic carbocycles. The van der Waals surface area contributed by atoms with E-state index < -0.39 is 0 Å². The predicted molar refractivity (Wildman–Crippen MR) is 115 cm³/mol. The average Bonchev–Trinajstić information content (AvgIpc) is 2.63. The second kappa shape index (κ2) is 16.0. The highest BCUT2D eigenvalue weighted by Crippen LogP contribution is 2.26. The molecule has 0 aromatic heterocycles. The van der Waals surface area contributed by atoms with E-state index in [1.165, 1.54) is 0 Å². The number of benzene rings is 1. The monoisotopic (exact) mass is 481 g/mol. The van der Waals surface area contributed by atoms with Gasteiger partial charge in [-0.2, -0.15) is 0 Å². The van der Waals surface area contributed by atoms with E-state index in [-0.39, 0.29) is 30.1 Å². The van der Waals surface area contributed by atoms with Crippen LogP contribution in [0.3, 0.4) is 0 Å². The van der Waals surface area contributed by atoms with E-state index in [1.54, 1.807) is 21.3 Å². The number of nitrogens with one attached hydrogen (secondary N) is 2. The van der Waals surface area contributed by atoms with E-state index in [2.05, 4.69) is 15.6 Å². The highest BCUT2D eigenvalue weighted by molar-refractivity contribution is 14.0. The third-order valence-electron chi connectivity index (χ3n) is 3.37. The molecule has 7 nitrogen and oxygen atoms in total. The largest absolute Gasteiger partial charge is 0.493 e. The number of hydrogen-bond donors (Lipinski definition) is 2. The molecule has 0 aliphatic carbocycles. The van der Waals surface area contributed by atoms with Crippen molar-refractivity contribution < 1.29 is 18.9 Å². The van der Waals surface area contributed by atoms with Gasteiger partial charge in [0.1, 0.15) is 6.10 Å². The molecule has 0 heterocycles. The van der Waals surface area contributed by atoms with Crippen molar-refractivity contribution in [1.29, 1.82) is 0 Å². The number of hydrogen-bond acceptors (Lipinski definition) is 5. The lowest BCUT2D eigenvalue weighted by Gasteiger charge is -2.19. The predicted octanol–water partition coefficient (Wildman–Crippen LogP) is 2.30. The van der Waals surface area contributed by atoms with Crippen LogP contribution in [0.25, 0.3) is 0 Å². The van der Waals surface area contributed by atoms with Gasteiger partial charge < -0.3 is 29.6 Å². The fourth-order valence-electron chi connectivity index (χ4n) is 2.06. The van der Waals surface area contributed by atoms with E-state index in [4.69, 9.17) is 18.9 Å². The van der Waals surface area contributed by atoms with Crippen LogP contribution in [-0.2, 0) is 9.47 Å². The first-order chi connectivity index (χ1) is 12.2. The molecule has 0 amide bonds. The zero-order valence-corrected chi connectivity index (χ0v) is 18.4. The Morgan fingerprint density at radius 3 is 2.46 bits per heavy atom. The molecule has 0 bridgehead atoms. The molecular weight excluding hydrogens is 449 g/mol. The van der Waals surface area contributed by atoms with E-state index in [9.17, 15) is 0 Å². The number of para-hydroxylation sites is 2. The molecule has 1 atom stereocenters. The van der Waals surface area contributed by atoms with Crippen LogP contribution in [0.1, 0.15) is 13.3 Å². The minimum atomic E-state index is -0.0350. The molecule has 0 spiro atoms. The smallest absolute Gasteiger partial charge is 0.191 e. The Morgan fingerprint density at radius 1 is 1.08 bits per heavy atom. The van der Waals surface area contributed by atoms with Crippen molar-refractivity contribution in [2.45, 2.75) is 19.4 Å². The molecule has 0 saturated heterocycles. The van der Waals surface area contributed by atoms with E-state index >= 15 is 0 Å². The average molecular weight is 481 g/mol. The lowest BCUT2D eigenvalue weighted by molar-refractivity contribution is 0.0698. The summed E-state index contributed by atoms with van der Waals surface area (Å²) in [5, 5.41) is 6.50. The van der Waals surface area contributed by atoms with E-state index in [0.717, 1.165) is 30.4 Å². The maximum atomic E-state index is 5.91. The van der Waals surface area contributed by atoms with Crippen molar-refractivity contribution in [3.63, 3.8) is 0 Å². The van der Waals surface area contributed by atoms with Gasteiger partial charge in [-0.25, -0.2) is 0 Å². The Morgan fingerprint density at radius 2 is 1.81 bits per heavy atom. The maximum absolute atomic E-state index is 5.91. The zero-order valence-electron chi connectivity index (χ0n) is 16.1. The molecule has 1 aromatic rings. The molecule has 0 saturated carbocycles. The summed E-state index contributed by atoms with van der Waals surface area (Å²) < 4.78 is 21.5. The molecule has 8 heteroatoms. The lowest BCUT2D eigenvalue weighted by atomic mass is 10.3. The van der Waals surface area contributed by atoms with Crippen LogP contribution in [0.15, 0.2) is 29.3 Å². The molecule has 26 heavy (non-hydrogen) atoms. The van der Waals surface area contributed by atoms with Gasteiger partial charge in [-0.05, 0) is 25.5 Å². The van der Waals surface area contributed by atoms with Crippen LogP contribution >= 0.6 is 24.0 Å². The lowest BCUT2D eigenvalue weighted by Crippen LogP contribution is -2.42. The molecule has 150 valence electrons. The van der Waals surface area contributed by atoms with Gasteiger partial charge in [0.05, 0.1) is 26.9 Å². The number of methoxy groups -OCH3 is 2. The highest BCUT2D eigenvalue weighted by Gasteiger charge is 2.09. The molecule has 1 rings (SSSR count). The van der Waals surface area contributed by atoms with Gasteiger partial charge in [-0.3, -0.25) is 4.99 Å². The highest BCUT2D eigenvalue weighted by atomic mass is 127. The van der Waals surface area contributed by atoms with Gasteiger partial charge in [-0.1, -0.05) is 12.1 Å². The van der Waals surface area contributed by atoms with Gasteiger partial charge in [0.2, 0.25) is 0 Å². The molecule has 2 N–H and O–H groups in total. The summed E-state index contributed by atoms with van der Waals surface area (Å²) in [6.07, 6.45) is 0.866. The minimum Gasteiger partial charge on any atom is -0.493 e. The third-order valence-corrected chi connectivity index (χ3v) is 3.37. The SMILES string of the molecule is CN=C(NCCCOCCOC)NCC(C)Oc1ccccc1OC.I. The van der Waals surface area contributed by atoms with Gasteiger partial charge >= 0.3 is 0 Å². The van der Waals surface area contributed by atoms with Gasteiger partial charge in [0.25, 0.3) is 0 Å². The molecular formula is C18H32IN3O4. The van der Waals surface area contributed by atoms with Gasteiger partial charge in [0.15, 0.2) is 17.5 Å². The number of guanidine groups is 1. The minimum absolute atomic E-state index is 0. The summed E-state index contributed by atoms with van der Waals surface area (Å²) in [7, 11) is 5.05. The fourth-order valence-corrected chi connectivity index (χ4v) is 2.06. The summed E-state index contributed by atoms with van der Waals surface area (Å²) in [6, 6.07) is 7.61. The number of rotatable bonds is 12. The number of ether oxygens (including phenoxy) is 4. The second-order valence-electron chi connectivity index (χ2n) is 5.42. The first-order valence-corrected chi connectivity index (χ1v) is 8.52. The summed E-state index contributed by atoms with van der Waals surface area (Å²) in [4.78, 5) is 4.20. The normalized spacial score (nSPS) is 12.1. The Labute approximate surface area is 173 Å². The Hall–Kier alpha value is -1.26. The second-order valence-corrected chi connectivity index (χ2v) is 5.42. The van der Waals surface area contributed by atoms with Crippen LogP contribution in [0.2, 0.25) is 0 Å². The van der Waals surface area contributed by atoms with Crippen molar-refractivity contribution >= 4 is 29.9 Å². The van der Waals surface area contributed by atoms with Crippen molar-refractivity contribution in [1.82, 2.24) is 10.6 Å². The first kappa shape index (κ1) is 24.7. The van der Waals surface area contributed by atoms with Crippen molar-refractivity contribution in [3.8, 4) is 11.5 Å². The van der Waals surface area contributed by atoms with E-state index in [1.807, 2.05) is 31.2 Å². The maximum Gasteiger partial charge on any atom is 0.191 e. The zero-order chi connectivity index (χ0) is 18.3. The topological polar surface area (TPSA) is 73.3 Å². The number of aliphatic imine (C=N–C) groups is 1. The Bertz CT molecular complexity index is 503. The summed E-state index contributed by atoms with van der Waals surface area (Å²) >= 11 is 0. The summed E-state index contributed by atoms with van der Waals surface area (Å²) in [6.45, 7) is 5.36. The molecule has 1 unspecified atom stereocenters. The third kappa shape index (κ3) is 10.7. The molecule has 0 aliphatic heterocycles. The number of nitrogens with zero attached hydrogens (tertiary/aromatic N) is 1. The van der Waals surface area contributed by atoms with E-state index in [0.29, 0.717) is 26.4 Å². The van der Waals surface area contributed by atoms with Crippen LogP contribution in [-0.4, -0.2) is 66.2 Å². The first-order valence-electron chi connectivity index (χ1n) is 8.52. The Kier molecular flexibility index (Phi) is 15.2. The van der Waals surface area contributed by atoms with Crippen molar-refractivity contribution in [3.05, 3.63) is 24.3 Å². The van der Waals surface area contributed by atoms with Crippen LogP contribution in [0, 0.1) is 0 Å². The standard InChI is InChI=1S/C18H31N3O4.HI/c1-15(25-17-9-6-5-8-16(17)23-4)14-21-18(19-2)20-10-7-11-24-13-12-22-3;/h5-6,8-9,15H,7,10-14H2,1-4H3,(H2,19,20,21);1H. The van der Waals surface area contributed by atoms with Gasteiger partial charge in [-0.15, -0.1) is 24.0 Å². The quantitative estimate of drug-likeness (QED) is 0.207. The molecule has 0 radical (unpaired) electrons. The van der Waals surface area contributed by atoms with Crippen LogP contribution in [0.4, 0.5) is 0 Å². The van der Waals surface area contributed by atoms with Gasteiger partial charge in [0, 0.05) is 27.3 Å². The number of halogens is 1. The van der Waals surface area contributed by atoms with Crippen LogP contribution in [0.5, 0.6) is 11.5 Å². The Balaban J connectivity index is 0.00000625. The summed E-state index contributed by atoms with van der Waals surface area (Å²) in [5.74, 6) is 2.20. The fraction of sp³-hybridized carbons (Fsp3) is 0.611.